The molecular weight excluding hydrogens is 456 g/mol. The largest absolute Gasteiger partial charge is 0.392 e. The quantitative estimate of drug-likeness (QED) is 0.138. The predicted molar refractivity (Wildman–Crippen MR) is 148 cm³/mol. The molecule has 0 radical (unpaired) electrons. The Hall–Kier alpha value is -1.92. The summed E-state index contributed by atoms with van der Waals surface area (Å²) in [5, 5.41) is 9.65. The minimum Gasteiger partial charge on any atom is -0.392 e. The fourth-order valence-corrected chi connectivity index (χ4v) is 4.97. The first-order chi connectivity index (χ1) is 16.7. The van der Waals surface area contributed by atoms with Crippen LogP contribution in [0.5, 0.6) is 0 Å². The van der Waals surface area contributed by atoms with Crippen molar-refractivity contribution in [3.8, 4) is 0 Å². The molecule has 1 aliphatic rings. The molecule has 1 fully saturated rings. The maximum Gasteiger partial charge on any atom is 0.134 e. The molecule has 0 aliphatic heterocycles. The van der Waals surface area contributed by atoms with E-state index in [2.05, 4.69) is 40.0 Å². The summed E-state index contributed by atoms with van der Waals surface area (Å²) in [6.07, 6.45) is 7.65. The zero-order valence-electron chi connectivity index (χ0n) is 22.2. The minimum atomic E-state index is -0.290. The van der Waals surface area contributed by atoms with E-state index in [9.17, 15) is 9.90 Å². The summed E-state index contributed by atoms with van der Waals surface area (Å²) in [5.41, 5.74) is 4.53. The third-order valence-electron chi connectivity index (χ3n) is 5.61. The molecule has 0 heterocycles. The van der Waals surface area contributed by atoms with Gasteiger partial charge in [-0.3, -0.25) is 4.79 Å². The molecule has 0 bridgehead atoms. The summed E-state index contributed by atoms with van der Waals surface area (Å²) in [5.74, 6) is 0.0234. The Morgan fingerprint density at radius 3 is 2.29 bits per heavy atom. The monoisotopic (exact) mass is 500 g/mol. The molecule has 5 heteroatoms. The van der Waals surface area contributed by atoms with Gasteiger partial charge >= 0.3 is 0 Å². The molecular formula is C30H44O4S. The summed E-state index contributed by atoms with van der Waals surface area (Å²) < 4.78 is 0. The van der Waals surface area contributed by atoms with Gasteiger partial charge in [-0.05, 0) is 71.6 Å². The first-order valence-corrected chi connectivity index (χ1v) is 13.3. The second-order valence-electron chi connectivity index (χ2n) is 9.41. The van der Waals surface area contributed by atoms with Gasteiger partial charge in [-0.1, -0.05) is 47.1 Å². The van der Waals surface area contributed by atoms with Crippen molar-refractivity contribution >= 4 is 17.5 Å². The number of allylic oxidation sites excluding steroid dienone is 4. The van der Waals surface area contributed by atoms with E-state index in [-0.39, 0.29) is 29.7 Å². The normalized spacial score (nSPS) is 20.0. The first kappa shape index (κ1) is 31.1. The van der Waals surface area contributed by atoms with E-state index in [1.54, 1.807) is 11.8 Å². The Bertz CT molecular complexity index is 852. The van der Waals surface area contributed by atoms with E-state index >= 15 is 0 Å². The fraction of sp³-hybridized carbons (Fsp3) is 0.500. The van der Waals surface area contributed by atoms with Gasteiger partial charge in [0.05, 0.1) is 13.2 Å². The number of hydrogen-bond acceptors (Lipinski definition) is 5. The number of ketones is 1. The van der Waals surface area contributed by atoms with Gasteiger partial charge in [0.2, 0.25) is 0 Å². The molecule has 35 heavy (non-hydrogen) atoms. The van der Waals surface area contributed by atoms with Crippen LogP contribution in [-0.4, -0.2) is 35.5 Å². The summed E-state index contributed by atoms with van der Waals surface area (Å²) in [7, 11) is 0. The van der Waals surface area contributed by atoms with Crippen LogP contribution in [0.1, 0.15) is 66.7 Å². The van der Waals surface area contributed by atoms with Crippen molar-refractivity contribution in [2.24, 2.45) is 5.92 Å². The fourth-order valence-electron chi connectivity index (χ4n) is 3.67. The van der Waals surface area contributed by atoms with Crippen LogP contribution < -0.4 is 0 Å². The van der Waals surface area contributed by atoms with E-state index in [4.69, 9.17) is 9.78 Å². The lowest BCUT2D eigenvalue weighted by atomic mass is 9.80. The highest BCUT2D eigenvalue weighted by molar-refractivity contribution is 8.00. The van der Waals surface area contributed by atoms with Crippen LogP contribution in [-0.2, 0) is 14.6 Å². The van der Waals surface area contributed by atoms with Gasteiger partial charge in [-0.2, -0.15) is 0 Å². The van der Waals surface area contributed by atoms with Gasteiger partial charge < -0.3 is 5.11 Å². The molecule has 1 aromatic carbocycles. The Morgan fingerprint density at radius 2 is 1.74 bits per heavy atom. The van der Waals surface area contributed by atoms with Crippen molar-refractivity contribution < 1.29 is 19.7 Å². The highest BCUT2D eigenvalue weighted by atomic mass is 32.2. The average Bonchev–Trinajstić information content (AvgIpc) is 2.79. The zero-order chi connectivity index (χ0) is 26.2. The lowest BCUT2D eigenvalue weighted by Crippen LogP contribution is -2.43. The SMILES string of the molecule is C=C(C)CCC=C(C)C.C=C(C)CCOOC1C(Sc2ccccc2)CC(=O)CC1/C(=C\C)CO. The molecule has 0 saturated heterocycles. The number of rotatable bonds is 12. The van der Waals surface area contributed by atoms with Crippen molar-refractivity contribution in [3.63, 3.8) is 0 Å². The van der Waals surface area contributed by atoms with E-state index in [0.29, 0.717) is 19.4 Å². The molecule has 1 aliphatic carbocycles. The highest BCUT2D eigenvalue weighted by Crippen LogP contribution is 2.39. The van der Waals surface area contributed by atoms with Crippen molar-refractivity contribution in [1.29, 1.82) is 0 Å². The van der Waals surface area contributed by atoms with E-state index < -0.39 is 0 Å². The minimum absolute atomic E-state index is 0.0602. The number of thioether (sulfide) groups is 1. The molecule has 1 N–H and O–H groups in total. The molecule has 0 spiro atoms. The Kier molecular flexibility index (Phi) is 15.6. The number of Topliss-reactive ketones (excluding diaryl/α,β-unsaturated/α-hetero) is 1. The maximum absolute atomic E-state index is 12.3. The van der Waals surface area contributed by atoms with Gasteiger partial charge in [-0.15, -0.1) is 24.9 Å². The molecule has 1 saturated carbocycles. The number of carbonyl (C=O) groups excluding carboxylic acids is 1. The topological polar surface area (TPSA) is 55.8 Å². The van der Waals surface area contributed by atoms with Crippen LogP contribution in [0.2, 0.25) is 0 Å². The number of hydrogen-bond donors (Lipinski definition) is 1. The van der Waals surface area contributed by atoms with Crippen molar-refractivity contribution in [2.75, 3.05) is 13.2 Å². The summed E-state index contributed by atoms with van der Waals surface area (Å²) in [6, 6.07) is 9.99. The van der Waals surface area contributed by atoms with Crippen LogP contribution in [0.15, 0.2) is 82.8 Å². The molecule has 0 amide bonds. The van der Waals surface area contributed by atoms with Crippen LogP contribution in [0, 0.1) is 5.92 Å². The maximum atomic E-state index is 12.3. The van der Waals surface area contributed by atoms with Crippen LogP contribution in [0.4, 0.5) is 0 Å². The van der Waals surface area contributed by atoms with Gasteiger partial charge in [0, 0.05) is 28.9 Å². The van der Waals surface area contributed by atoms with Crippen molar-refractivity contribution in [2.45, 2.75) is 83.0 Å². The summed E-state index contributed by atoms with van der Waals surface area (Å²) in [4.78, 5) is 24.7. The number of benzene rings is 1. The second kappa shape index (κ2) is 17.5. The summed E-state index contributed by atoms with van der Waals surface area (Å²) >= 11 is 1.63. The predicted octanol–water partition coefficient (Wildman–Crippen LogP) is 7.66. The standard InChI is InChI=1S/C21H28O4S.C9H16/c1-4-16(14-22)19-12-17(23)13-20(26-18-8-6-5-7-9-18)21(19)25-24-11-10-15(2)3;1-8(2)6-5-7-9(3)4/h4-9,19-22H,2,10-14H2,1,3H3;7H,1,5-6H2,2-4H3/b16-4-;. The van der Waals surface area contributed by atoms with E-state index in [1.807, 2.05) is 50.3 Å². The molecule has 1 aromatic rings. The Balaban J connectivity index is 0.000000579. The molecule has 3 atom stereocenters. The smallest absolute Gasteiger partial charge is 0.134 e. The lowest BCUT2D eigenvalue weighted by Gasteiger charge is -2.36. The van der Waals surface area contributed by atoms with Gasteiger partial charge in [0.15, 0.2) is 0 Å². The first-order valence-electron chi connectivity index (χ1n) is 12.4. The Morgan fingerprint density at radius 1 is 1.09 bits per heavy atom. The highest BCUT2D eigenvalue weighted by Gasteiger charge is 2.41. The van der Waals surface area contributed by atoms with Crippen LogP contribution in [0.25, 0.3) is 0 Å². The van der Waals surface area contributed by atoms with Gasteiger partial charge in [0.1, 0.15) is 11.9 Å². The number of aliphatic hydroxyl groups is 1. The van der Waals surface area contributed by atoms with E-state index in [0.717, 1.165) is 35.3 Å². The summed E-state index contributed by atoms with van der Waals surface area (Å²) in [6.45, 7) is 18.2. The number of carbonyl (C=O) groups is 1. The molecule has 4 nitrogen and oxygen atoms in total. The average molecular weight is 501 g/mol. The molecule has 2 rings (SSSR count). The van der Waals surface area contributed by atoms with Crippen molar-refractivity contribution in [3.05, 3.63) is 77.9 Å². The molecule has 0 aromatic heterocycles. The second-order valence-corrected chi connectivity index (χ2v) is 10.7. The Labute approximate surface area is 217 Å². The molecule has 3 unspecified atom stereocenters. The third-order valence-corrected chi connectivity index (χ3v) is 6.90. The van der Waals surface area contributed by atoms with Gasteiger partial charge in [0.25, 0.3) is 0 Å². The van der Waals surface area contributed by atoms with Crippen LogP contribution >= 0.6 is 11.8 Å². The van der Waals surface area contributed by atoms with E-state index in [1.165, 1.54) is 11.1 Å². The lowest BCUT2D eigenvalue weighted by molar-refractivity contribution is -0.332. The zero-order valence-corrected chi connectivity index (χ0v) is 23.0. The molecule has 194 valence electrons. The van der Waals surface area contributed by atoms with Crippen LogP contribution in [0.3, 0.4) is 0 Å². The van der Waals surface area contributed by atoms with Gasteiger partial charge in [-0.25, -0.2) is 9.78 Å². The van der Waals surface area contributed by atoms with Crippen molar-refractivity contribution in [1.82, 2.24) is 0 Å². The third kappa shape index (κ3) is 13.1. The number of aliphatic hydroxyl groups excluding tert-OH is 1.